The van der Waals surface area contributed by atoms with Crippen LogP contribution in [-0.2, 0) is 11.3 Å². The molecule has 1 aromatic heterocycles. The Hall–Kier alpha value is -1.70. The van der Waals surface area contributed by atoms with Crippen molar-refractivity contribution in [2.24, 2.45) is 10.7 Å². The first kappa shape index (κ1) is 12.7. The summed E-state index contributed by atoms with van der Waals surface area (Å²) in [5.41, 5.74) is 5.79. The smallest absolute Gasteiger partial charge is 0.319 e. The lowest BCUT2D eigenvalue weighted by atomic mass is 10.4. The maximum atomic E-state index is 12.6. The van der Waals surface area contributed by atoms with Crippen LogP contribution in [0.4, 0.5) is 8.78 Å². The summed E-state index contributed by atoms with van der Waals surface area (Å²) >= 11 is 0. The highest BCUT2D eigenvalue weighted by atomic mass is 19.3. The van der Waals surface area contributed by atoms with Gasteiger partial charge in [0, 0.05) is 25.5 Å². The quantitative estimate of drug-likeness (QED) is 0.631. The normalized spacial score (nSPS) is 17.5. The standard InChI is InChI=1S/C10H15F2N5O/c11-9(12)17-2-1-14-8(17)7-15-10(13)16-3-5-18-6-4-16/h1-2,9H,3-7H2,(H2,13,15). The van der Waals surface area contributed by atoms with Crippen LogP contribution >= 0.6 is 0 Å². The van der Waals surface area contributed by atoms with Gasteiger partial charge in [-0.25, -0.2) is 9.98 Å². The minimum absolute atomic E-state index is 0.0422. The topological polar surface area (TPSA) is 68.7 Å². The van der Waals surface area contributed by atoms with Gasteiger partial charge in [0.25, 0.3) is 0 Å². The first-order valence-corrected chi connectivity index (χ1v) is 5.61. The van der Waals surface area contributed by atoms with Gasteiger partial charge in [0.05, 0.1) is 13.2 Å². The van der Waals surface area contributed by atoms with E-state index in [1.807, 2.05) is 4.90 Å². The van der Waals surface area contributed by atoms with E-state index in [4.69, 9.17) is 10.5 Å². The van der Waals surface area contributed by atoms with Crippen LogP contribution in [0.2, 0.25) is 0 Å². The van der Waals surface area contributed by atoms with E-state index in [-0.39, 0.29) is 12.4 Å². The van der Waals surface area contributed by atoms with Gasteiger partial charge in [-0.05, 0) is 0 Å². The van der Waals surface area contributed by atoms with Gasteiger partial charge in [0.2, 0.25) is 0 Å². The van der Waals surface area contributed by atoms with Crippen molar-refractivity contribution in [1.29, 1.82) is 0 Å². The van der Waals surface area contributed by atoms with E-state index in [1.165, 1.54) is 12.4 Å². The molecule has 0 atom stereocenters. The highest BCUT2D eigenvalue weighted by molar-refractivity contribution is 5.78. The second kappa shape index (κ2) is 5.76. The average molecular weight is 259 g/mol. The molecule has 8 heteroatoms. The molecule has 0 bridgehead atoms. The SMILES string of the molecule is NC(=NCc1nccn1C(F)F)N1CCOCC1. The van der Waals surface area contributed by atoms with Crippen LogP contribution in [0.1, 0.15) is 12.4 Å². The van der Waals surface area contributed by atoms with Crippen LogP contribution < -0.4 is 5.73 Å². The molecule has 2 rings (SSSR count). The van der Waals surface area contributed by atoms with E-state index in [0.717, 1.165) is 4.57 Å². The van der Waals surface area contributed by atoms with Crippen molar-refractivity contribution >= 4 is 5.96 Å². The van der Waals surface area contributed by atoms with E-state index in [9.17, 15) is 8.78 Å². The van der Waals surface area contributed by atoms with Crippen LogP contribution in [0.5, 0.6) is 0 Å². The van der Waals surface area contributed by atoms with Crippen molar-refractivity contribution in [3.63, 3.8) is 0 Å². The molecule has 2 N–H and O–H groups in total. The predicted molar refractivity (Wildman–Crippen MR) is 61.2 cm³/mol. The van der Waals surface area contributed by atoms with Crippen molar-refractivity contribution in [2.45, 2.75) is 13.1 Å². The summed E-state index contributed by atoms with van der Waals surface area (Å²) in [6.45, 7) is -0.0380. The average Bonchev–Trinajstić information content (AvgIpc) is 2.85. The molecule has 100 valence electrons. The lowest BCUT2D eigenvalue weighted by Gasteiger charge is -2.27. The van der Waals surface area contributed by atoms with E-state index in [1.54, 1.807) is 0 Å². The Morgan fingerprint density at radius 1 is 1.50 bits per heavy atom. The fraction of sp³-hybridized carbons (Fsp3) is 0.600. The van der Waals surface area contributed by atoms with Crippen LogP contribution in [-0.4, -0.2) is 46.7 Å². The molecule has 1 aliphatic rings. The van der Waals surface area contributed by atoms with Crippen LogP contribution in [0.3, 0.4) is 0 Å². The molecule has 0 unspecified atom stereocenters. The van der Waals surface area contributed by atoms with Gasteiger partial charge in [-0.2, -0.15) is 8.78 Å². The zero-order valence-electron chi connectivity index (χ0n) is 9.80. The monoisotopic (exact) mass is 259 g/mol. The number of alkyl halides is 2. The fourth-order valence-electron chi connectivity index (χ4n) is 1.69. The summed E-state index contributed by atoms with van der Waals surface area (Å²) in [6.07, 6.45) is 2.54. The Morgan fingerprint density at radius 2 is 2.22 bits per heavy atom. The molecule has 0 radical (unpaired) electrons. The first-order valence-electron chi connectivity index (χ1n) is 5.61. The number of halogens is 2. The van der Waals surface area contributed by atoms with E-state index in [2.05, 4.69) is 9.98 Å². The number of rotatable bonds is 3. The third kappa shape index (κ3) is 2.95. The van der Waals surface area contributed by atoms with Gasteiger partial charge in [-0.1, -0.05) is 0 Å². The third-order valence-corrected chi connectivity index (χ3v) is 2.68. The van der Waals surface area contributed by atoms with Crippen molar-refractivity contribution in [3.8, 4) is 0 Å². The summed E-state index contributed by atoms with van der Waals surface area (Å²) in [5.74, 6) is 0.531. The Labute approximate surface area is 103 Å². The van der Waals surface area contributed by atoms with Crippen molar-refractivity contribution < 1.29 is 13.5 Å². The molecule has 18 heavy (non-hydrogen) atoms. The van der Waals surface area contributed by atoms with Gasteiger partial charge >= 0.3 is 6.55 Å². The number of aliphatic imine (C=N–C) groups is 1. The van der Waals surface area contributed by atoms with Gasteiger partial charge in [0.1, 0.15) is 12.4 Å². The molecular weight excluding hydrogens is 244 g/mol. The second-order valence-electron chi connectivity index (χ2n) is 3.80. The number of nitrogens with zero attached hydrogens (tertiary/aromatic N) is 4. The number of hydrogen-bond donors (Lipinski definition) is 1. The van der Waals surface area contributed by atoms with Crippen molar-refractivity contribution in [2.75, 3.05) is 26.3 Å². The lowest BCUT2D eigenvalue weighted by molar-refractivity contribution is 0.0662. The zero-order valence-corrected chi connectivity index (χ0v) is 9.80. The molecule has 0 amide bonds. The molecule has 1 aliphatic heterocycles. The summed E-state index contributed by atoms with van der Waals surface area (Å²) in [7, 11) is 0. The van der Waals surface area contributed by atoms with E-state index >= 15 is 0 Å². The van der Waals surface area contributed by atoms with Gasteiger partial charge in [0.15, 0.2) is 5.96 Å². The largest absolute Gasteiger partial charge is 0.378 e. The third-order valence-electron chi connectivity index (χ3n) is 2.68. The number of aromatic nitrogens is 2. The Kier molecular flexibility index (Phi) is 4.08. The minimum Gasteiger partial charge on any atom is -0.378 e. The Bertz CT molecular complexity index is 414. The van der Waals surface area contributed by atoms with Gasteiger partial charge < -0.3 is 15.4 Å². The zero-order chi connectivity index (χ0) is 13.0. The fourth-order valence-corrected chi connectivity index (χ4v) is 1.69. The van der Waals surface area contributed by atoms with Crippen LogP contribution in [0.15, 0.2) is 17.4 Å². The number of ether oxygens (including phenoxy) is 1. The molecule has 0 saturated carbocycles. The molecule has 0 aliphatic carbocycles. The van der Waals surface area contributed by atoms with Gasteiger partial charge in [-0.15, -0.1) is 0 Å². The number of morpholine rings is 1. The summed E-state index contributed by atoms with van der Waals surface area (Å²) in [5, 5.41) is 0. The molecule has 2 heterocycles. The minimum atomic E-state index is -2.61. The number of imidazole rings is 1. The lowest BCUT2D eigenvalue weighted by Crippen LogP contribution is -2.44. The summed E-state index contributed by atoms with van der Waals surface area (Å²) in [6, 6.07) is 0. The molecule has 1 aromatic rings. The van der Waals surface area contributed by atoms with Crippen molar-refractivity contribution in [3.05, 3.63) is 18.2 Å². The van der Waals surface area contributed by atoms with E-state index in [0.29, 0.717) is 32.3 Å². The second-order valence-corrected chi connectivity index (χ2v) is 3.80. The molecule has 0 spiro atoms. The molecular formula is C10H15F2N5O. The highest BCUT2D eigenvalue weighted by Crippen LogP contribution is 2.12. The number of guanidine groups is 1. The maximum absolute atomic E-state index is 12.6. The first-order chi connectivity index (χ1) is 8.68. The molecule has 6 nitrogen and oxygen atoms in total. The van der Waals surface area contributed by atoms with Crippen LogP contribution in [0, 0.1) is 0 Å². The molecule has 0 aromatic carbocycles. The van der Waals surface area contributed by atoms with E-state index < -0.39 is 6.55 Å². The van der Waals surface area contributed by atoms with Gasteiger partial charge in [-0.3, -0.25) is 4.57 Å². The number of nitrogens with two attached hydrogens (primary N) is 1. The Balaban J connectivity index is 1.98. The molecule has 1 saturated heterocycles. The summed E-state index contributed by atoms with van der Waals surface area (Å²) < 4.78 is 31.1. The highest BCUT2D eigenvalue weighted by Gasteiger charge is 2.14. The molecule has 1 fully saturated rings. The summed E-state index contributed by atoms with van der Waals surface area (Å²) in [4.78, 5) is 9.77. The van der Waals surface area contributed by atoms with Crippen LogP contribution in [0.25, 0.3) is 0 Å². The Morgan fingerprint density at radius 3 is 2.89 bits per heavy atom. The maximum Gasteiger partial charge on any atom is 0.319 e. The predicted octanol–water partition coefficient (Wildman–Crippen LogP) is 0.425. The number of hydrogen-bond acceptors (Lipinski definition) is 3. The van der Waals surface area contributed by atoms with Crippen molar-refractivity contribution in [1.82, 2.24) is 14.5 Å².